The Morgan fingerprint density at radius 2 is 2.00 bits per heavy atom. The fourth-order valence-electron chi connectivity index (χ4n) is 0.777. The van der Waals surface area contributed by atoms with Crippen LogP contribution in [0.4, 0.5) is 4.39 Å². The fourth-order valence-corrected chi connectivity index (χ4v) is 0.777. The summed E-state index contributed by atoms with van der Waals surface area (Å²) in [7, 11) is 3.74. The summed E-state index contributed by atoms with van der Waals surface area (Å²) in [5, 5.41) is 0. The Balaban J connectivity index is 2.82. The zero-order valence-corrected chi connectivity index (χ0v) is 7.21. The zero-order valence-electron chi connectivity index (χ0n) is 7.21. The van der Waals surface area contributed by atoms with Crippen LogP contribution < -0.4 is 0 Å². The van der Waals surface area contributed by atoms with Gasteiger partial charge in [-0.05, 0) is 6.07 Å². The van der Waals surface area contributed by atoms with Gasteiger partial charge in [-0.3, -0.25) is 0 Å². The van der Waals surface area contributed by atoms with Crippen LogP contribution in [0.25, 0.3) is 0 Å². The summed E-state index contributed by atoms with van der Waals surface area (Å²) >= 11 is 0. The summed E-state index contributed by atoms with van der Waals surface area (Å²) in [5.41, 5.74) is 0.492. The van der Waals surface area contributed by atoms with E-state index in [4.69, 9.17) is 0 Å². The Labute approximate surface area is 72.1 Å². The lowest BCUT2D eigenvalue weighted by Gasteiger charge is -2.02. The summed E-state index contributed by atoms with van der Waals surface area (Å²) in [6, 6.07) is 6.56. The van der Waals surface area contributed by atoms with Crippen molar-refractivity contribution in [1.29, 1.82) is 0 Å². The maximum Gasteiger partial charge on any atom is 0.131 e. The largest absolute Gasteiger partial charge is 0.383 e. The smallest absolute Gasteiger partial charge is 0.131 e. The van der Waals surface area contributed by atoms with E-state index in [1.165, 1.54) is 6.07 Å². The molecular formula is C10H11FN. The summed E-state index contributed by atoms with van der Waals surface area (Å²) in [6.45, 7) is 0. The quantitative estimate of drug-likeness (QED) is 0.646. The van der Waals surface area contributed by atoms with Crippen LogP contribution in [0.1, 0.15) is 5.56 Å². The van der Waals surface area contributed by atoms with Gasteiger partial charge in [0.15, 0.2) is 0 Å². The van der Waals surface area contributed by atoms with Gasteiger partial charge in [0.2, 0.25) is 0 Å². The van der Waals surface area contributed by atoms with E-state index in [1.54, 1.807) is 24.4 Å². The molecule has 0 saturated carbocycles. The minimum absolute atomic E-state index is 0.240. The van der Waals surface area contributed by atoms with E-state index in [2.05, 4.69) is 6.08 Å². The number of halogens is 1. The molecule has 0 bridgehead atoms. The van der Waals surface area contributed by atoms with Gasteiger partial charge in [0.1, 0.15) is 5.82 Å². The third-order valence-electron chi connectivity index (χ3n) is 1.35. The van der Waals surface area contributed by atoms with E-state index in [9.17, 15) is 4.39 Å². The van der Waals surface area contributed by atoms with Crippen LogP contribution in [0.2, 0.25) is 0 Å². The Morgan fingerprint density at radius 3 is 2.58 bits per heavy atom. The van der Waals surface area contributed by atoms with Crippen molar-refractivity contribution in [3.05, 3.63) is 47.9 Å². The molecule has 0 aliphatic rings. The second kappa shape index (κ2) is 3.90. The molecule has 0 unspecified atom stereocenters. The highest BCUT2D eigenvalue weighted by molar-refractivity contribution is 5.23. The van der Waals surface area contributed by atoms with Crippen LogP contribution in [0.5, 0.6) is 0 Å². The second-order valence-electron chi connectivity index (χ2n) is 2.72. The lowest BCUT2D eigenvalue weighted by atomic mass is 10.2. The van der Waals surface area contributed by atoms with Gasteiger partial charge in [-0.25, -0.2) is 4.39 Å². The normalized spacial score (nSPS) is 10.6. The number of hydrogen-bond donors (Lipinski definition) is 0. The molecule has 1 rings (SSSR count). The first kappa shape index (κ1) is 8.78. The predicted molar refractivity (Wildman–Crippen MR) is 47.0 cm³/mol. The van der Waals surface area contributed by atoms with Crippen molar-refractivity contribution in [2.75, 3.05) is 14.1 Å². The van der Waals surface area contributed by atoms with Crippen molar-refractivity contribution in [1.82, 2.24) is 4.90 Å². The van der Waals surface area contributed by atoms with Crippen LogP contribution >= 0.6 is 0 Å². The molecule has 0 heterocycles. The van der Waals surface area contributed by atoms with Crippen molar-refractivity contribution in [2.24, 2.45) is 0 Å². The average Bonchev–Trinajstić information content (AvgIpc) is 2.03. The van der Waals surface area contributed by atoms with Gasteiger partial charge in [0, 0.05) is 31.9 Å². The van der Waals surface area contributed by atoms with Crippen LogP contribution in [0.15, 0.2) is 30.5 Å². The van der Waals surface area contributed by atoms with Crippen molar-refractivity contribution in [3.8, 4) is 0 Å². The fraction of sp³-hybridized carbons (Fsp3) is 0.200. The second-order valence-corrected chi connectivity index (χ2v) is 2.72. The highest BCUT2D eigenvalue weighted by Crippen LogP contribution is 2.05. The maximum atomic E-state index is 12.9. The molecule has 0 saturated heterocycles. The van der Waals surface area contributed by atoms with Crippen molar-refractivity contribution in [3.63, 3.8) is 0 Å². The first-order chi connectivity index (χ1) is 5.70. The minimum atomic E-state index is -0.240. The van der Waals surface area contributed by atoms with Crippen LogP contribution in [0, 0.1) is 11.9 Å². The summed E-state index contributed by atoms with van der Waals surface area (Å²) in [4.78, 5) is 1.81. The van der Waals surface area contributed by atoms with Crippen LogP contribution in [-0.4, -0.2) is 19.0 Å². The molecule has 2 heteroatoms. The van der Waals surface area contributed by atoms with Crippen molar-refractivity contribution < 1.29 is 4.39 Å². The molecule has 0 N–H and O–H groups in total. The van der Waals surface area contributed by atoms with Crippen molar-refractivity contribution >= 4 is 0 Å². The van der Waals surface area contributed by atoms with Gasteiger partial charge in [-0.1, -0.05) is 18.2 Å². The topological polar surface area (TPSA) is 3.24 Å². The monoisotopic (exact) mass is 164 g/mol. The number of rotatable bonds is 2. The highest BCUT2D eigenvalue weighted by atomic mass is 19.1. The zero-order chi connectivity index (χ0) is 8.97. The van der Waals surface area contributed by atoms with Gasteiger partial charge >= 0.3 is 0 Å². The average molecular weight is 164 g/mol. The van der Waals surface area contributed by atoms with Gasteiger partial charge in [0.25, 0.3) is 0 Å². The van der Waals surface area contributed by atoms with Gasteiger partial charge in [-0.15, -0.1) is 0 Å². The number of benzene rings is 1. The first-order valence-electron chi connectivity index (χ1n) is 3.71. The van der Waals surface area contributed by atoms with E-state index in [-0.39, 0.29) is 5.82 Å². The molecule has 1 nitrogen and oxygen atoms in total. The molecule has 1 aromatic carbocycles. The molecule has 0 aromatic heterocycles. The highest BCUT2D eigenvalue weighted by Gasteiger charge is 1.94. The Morgan fingerprint density at radius 1 is 1.33 bits per heavy atom. The van der Waals surface area contributed by atoms with Crippen LogP contribution in [0.3, 0.4) is 0 Å². The summed E-state index contributed by atoms with van der Waals surface area (Å²) in [6.07, 6.45) is 4.53. The third kappa shape index (κ3) is 2.38. The Kier molecular flexibility index (Phi) is 2.86. The van der Waals surface area contributed by atoms with E-state index >= 15 is 0 Å². The molecule has 0 spiro atoms. The minimum Gasteiger partial charge on any atom is -0.383 e. The molecule has 63 valence electrons. The third-order valence-corrected chi connectivity index (χ3v) is 1.35. The van der Waals surface area contributed by atoms with Gasteiger partial charge in [0.05, 0.1) is 0 Å². The van der Waals surface area contributed by atoms with E-state index < -0.39 is 0 Å². The molecule has 0 aliphatic carbocycles. The predicted octanol–water partition coefficient (Wildman–Crippen LogP) is 2.05. The van der Waals surface area contributed by atoms with Gasteiger partial charge in [-0.2, -0.15) is 0 Å². The lowest BCUT2D eigenvalue weighted by Crippen LogP contribution is -2.00. The molecule has 1 radical (unpaired) electrons. The maximum absolute atomic E-state index is 12.9. The van der Waals surface area contributed by atoms with E-state index in [1.807, 2.05) is 19.0 Å². The number of hydrogen-bond acceptors (Lipinski definition) is 1. The lowest BCUT2D eigenvalue weighted by molar-refractivity contribution is 0.559. The first-order valence-corrected chi connectivity index (χ1v) is 3.71. The SMILES string of the molecule is CN(C)/C=[C]/c1ccccc1F. The van der Waals surface area contributed by atoms with Crippen molar-refractivity contribution in [2.45, 2.75) is 0 Å². The molecule has 0 fully saturated rings. The summed E-state index contributed by atoms with van der Waals surface area (Å²) < 4.78 is 12.9. The molecule has 0 aliphatic heterocycles. The summed E-state index contributed by atoms with van der Waals surface area (Å²) in [5.74, 6) is -0.240. The van der Waals surface area contributed by atoms with E-state index in [0.717, 1.165) is 0 Å². The molecule has 0 atom stereocenters. The molecular weight excluding hydrogens is 153 g/mol. The molecule has 0 amide bonds. The standard InChI is InChI=1S/C10H11FN/c1-12(2)8-7-9-5-3-4-6-10(9)11/h3-6,8H,1-2H3. The molecule has 12 heavy (non-hydrogen) atoms. The Bertz CT molecular complexity index is 279. The molecule has 1 aromatic rings. The van der Waals surface area contributed by atoms with Crippen LogP contribution in [-0.2, 0) is 0 Å². The number of nitrogens with zero attached hydrogens (tertiary/aromatic N) is 1. The Hall–Kier alpha value is -1.31. The van der Waals surface area contributed by atoms with E-state index in [0.29, 0.717) is 5.56 Å². The van der Waals surface area contributed by atoms with Gasteiger partial charge < -0.3 is 4.90 Å².